The van der Waals surface area contributed by atoms with Gasteiger partial charge in [0.15, 0.2) is 0 Å². The molecule has 0 spiro atoms. The number of piperazine rings is 1. The fourth-order valence-corrected chi connectivity index (χ4v) is 4.85. The van der Waals surface area contributed by atoms with Gasteiger partial charge >= 0.3 is 0 Å². The van der Waals surface area contributed by atoms with Gasteiger partial charge in [0.2, 0.25) is 10.0 Å². The van der Waals surface area contributed by atoms with E-state index in [9.17, 15) is 12.8 Å². The second kappa shape index (κ2) is 6.88. The van der Waals surface area contributed by atoms with Crippen LogP contribution in [-0.2, 0) is 10.0 Å². The normalized spacial score (nSPS) is 16.4. The molecule has 0 aromatic heterocycles. The van der Waals surface area contributed by atoms with Crippen molar-refractivity contribution in [3.05, 3.63) is 58.3 Å². The Balaban J connectivity index is 1.79. The molecule has 0 radical (unpaired) electrons. The van der Waals surface area contributed by atoms with Crippen molar-refractivity contribution in [2.75, 3.05) is 31.1 Å². The molecule has 1 saturated heterocycles. The van der Waals surface area contributed by atoms with Crippen LogP contribution in [0.2, 0.25) is 10.0 Å². The quantitative estimate of drug-likeness (QED) is 0.805. The van der Waals surface area contributed by atoms with E-state index in [-0.39, 0.29) is 28.8 Å². The summed E-state index contributed by atoms with van der Waals surface area (Å²) < 4.78 is 40.7. The van der Waals surface area contributed by atoms with Gasteiger partial charge in [-0.25, -0.2) is 12.8 Å². The predicted molar refractivity (Wildman–Crippen MR) is 93.8 cm³/mol. The maximum absolute atomic E-state index is 13.9. The highest BCUT2D eigenvalue weighted by atomic mass is 35.5. The first kappa shape index (κ1) is 17.5. The van der Waals surface area contributed by atoms with Crippen molar-refractivity contribution >= 4 is 38.9 Å². The van der Waals surface area contributed by atoms with E-state index in [4.69, 9.17) is 23.2 Å². The average Bonchev–Trinajstić information content (AvgIpc) is 2.57. The van der Waals surface area contributed by atoms with Crippen molar-refractivity contribution in [3.63, 3.8) is 0 Å². The van der Waals surface area contributed by atoms with Gasteiger partial charge in [0, 0.05) is 31.2 Å². The largest absolute Gasteiger partial charge is 0.367 e. The fourth-order valence-electron chi connectivity index (χ4n) is 2.69. The van der Waals surface area contributed by atoms with Crippen LogP contribution in [0.1, 0.15) is 0 Å². The summed E-state index contributed by atoms with van der Waals surface area (Å²) in [5, 5.41) is 0.443. The zero-order chi connectivity index (χ0) is 17.3. The molecule has 1 heterocycles. The van der Waals surface area contributed by atoms with Crippen molar-refractivity contribution in [3.8, 4) is 0 Å². The molecule has 0 saturated carbocycles. The fraction of sp³-hybridized carbons (Fsp3) is 0.250. The highest BCUT2D eigenvalue weighted by Gasteiger charge is 2.30. The zero-order valence-electron chi connectivity index (χ0n) is 12.6. The van der Waals surface area contributed by atoms with Crippen LogP contribution in [0, 0.1) is 5.82 Å². The first-order chi connectivity index (χ1) is 11.4. The lowest BCUT2D eigenvalue weighted by atomic mass is 10.2. The summed E-state index contributed by atoms with van der Waals surface area (Å²) in [6.07, 6.45) is 0. The Kier molecular flexibility index (Phi) is 5.01. The molecule has 2 aromatic carbocycles. The van der Waals surface area contributed by atoms with Crippen LogP contribution in [0.5, 0.6) is 0 Å². The molecule has 8 heteroatoms. The van der Waals surface area contributed by atoms with Gasteiger partial charge in [0.1, 0.15) is 10.7 Å². The van der Waals surface area contributed by atoms with Gasteiger partial charge in [-0.1, -0.05) is 35.3 Å². The van der Waals surface area contributed by atoms with E-state index in [1.165, 1.54) is 22.5 Å². The topological polar surface area (TPSA) is 40.6 Å². The molecule has 1 aliphatic rings. The molecule has 0 atom stereocenters. The van der Waals surface area contributed by atoms with Gasteiger partial charge in [-0.2, -0.15) is 4.31 Å². The maximum Gasteiger partial charge on any atom is 0.244 e. The van der Waals surface area contributed by atoms with Crippen LogP contribution in [-0.4, -0.2) is 38.9 Å². The summed E-state index contributed by atoms with van der Waals surface area (Å²) in [6, 6.07) is 10.8. The van der Waals surface area contributed by atoms with E-state index in [2.05, 4.69) is 0 Å². The van der Waals surface area contributed by atoms with Crippen LogP contribution in [0.3, 0.4) is 0 Å². The summed E-state index contributed by atoms with van der Waals surface area (Å²) in [4.78, 5) is 1.83. The summed E-state index contributed by atoms with van der Waals surface area (Å²) >= 11 is 11.9. The SMILES string of the molecule is O=S(=O)(c1cc(Cl)ccc1Cl)N1CCN(c2ccccc2F)CC1. The van der Waals surface area contributed by atoms with Crippen molar-refractivity contribution in [2.45, 2.75) is 4.90 Å². The van der Waals surface area contributed by atoms with Crippen LogP contribution >= 0.6 is 23.2 Å². The second-order valence-corrected chi connectivity index (χ2v) is 8.17. The lowest BCUT2D eigenvalue weighted by molar-refractivity contribution is 0.383. The molecule has 0 amide bonds. The Morgan fingerprint density at radius 2 is 1.62 bits per heavy atom. The van der Waals surface area contributed by atoms with Gasteiger partial charge in [-0.3, -0.25) is 0 Å². The molecule has 128 valence electrons. The Labute approximate surface area is 150 Å². The number of halogens is 3. The van der Waals surface area contributed by atoms with E-state index in [0.717, 1.165) is 0 Å². The van der Waals surface area contributed by atoms with Crippen LogP contribution < -0.4 is 4.90 Å². The molecular formula is C16H15Cl2FN2O2S. The Bertz CT molecular complexity index is 853. The smallest absolute Gasteiger partial charge is 0.244 e. The van der Waals surface area contributed by atoms with E-state index in [1.807, 2.05) is 4.90 Å². The zero-order valence-corrected chi connectivity index (χ0v) is 15.0. The Morgan fingerprint density at radius 1 is 0.958 bits per heavy atom. The third-order valence-electron chi connectivity index (χ3n) is 3.94. The third-order valence-corrected chi connectivity index (χ3v) is 6.56. The Morgan fingerprint density at radius 3 is 2.29 bits per heavy atom. The van der Waals surface area contributed by atoms with Gasteiger partial charge in [0.25, 0.3) is 0 Å². The maximum atomic E-state index is 13.9. The van der Waals surface area contributed by atoms with Crippen LogP contribution in [0.4, 0.5) is 10.1 Å². The van der Waals surface area contributed by atoms with E-state index in [1.54, 1.807) is 24.3 Å². The molecule has 0 N–H and O–H groups in total. The molecule has 1 aliphatic heterocycles. The number of anilines is 1. The van der Waals surface area contributed by atoms with Gasteiger partial charge < -0.3 is 4.90 Å². The van der Waals surface area contributed by atoms with Crippen LogP contribution in [0.25, 0.3) is 0 Å². The predicted octanol–water partition coefficient (Wildman–Crippen LogP) is 3.64. The van der Waals surface area contributed by atoms with Crippen molar-refractivity contribution in [1.82, 2.24) is 4.31 Å². The first-order valence-electron chi connectivity index (χ1n) is 7.34. The second-order valence-electron chi connectivity index (χ2n) is 5.42. The van der Waals surface area contributed by atoms with Gasteiger partial charge in [0.05, 0.1) is 10.7 Å². The standard InChI is InChI=1S/C16H15Cl2FN2O2S/c17-12-5-6-13(18)16(11-12)24(22,23)21-9-7-20(8-10-21)15-4-2-1-3-14(15)19/h1-6,11H,7-10H2. The van der Waals surface area contributed by atoms with Gasteiger partial charge in [-0.05, 0) is 30.3 Å². The Hall–Kier alpha value is -1.34. The van der Waals surface area contributed by atoms with E-state index >= 15 is 0 Å². The summed E-state index contributed by atoms with van der Waals surface area (Å²) in [7, 11) is -3.73. The van der Waals surface area contributed by atoms with Gasteiger partial charge in [-0.15, -0.1) is 0 Å². The number of sulfonamides is 1. The van der Waals surface area contributed by atoms with Crippen molar-refractivity contribution in [2.24, 2.45) is 0 Å². The molecule has 1 fully saturated rings. The van der Waals surface area contributed by atoms with E-state index in [0.29, 0.717) is 23.8 Å². The molecule has 24 heavy (non-hydrogen) atoms. The molecule has 0 aliphatic carbocycles. The average molecular weight is 389 g/mol. The highest BCUT2D eigenvalue weighted by molar-refractivity contribution is 7.89. The molecule has 0 bridgehead atoms. The lowest BCUT2D eigenvalue weighted by Crippen LogP contribution is -2.49. The molecule has 2 aromatic rings. The lowest BCUT2D eigenvalue weighted by Gasteiger charge is -2.35. The molecule has 4 nitrogen and oxygen atoms in total. The third kappa shape index (κ3) is 3.37. The van der Waals surface area contributed by atoms with Crippen molar-refractivity contribution in [1.29, 1.82) is 0 Å². The minimum absolute atomic E-state index is 0.00370. The first-order valence-corrected chi connectivity index (χ1v) is 9.54. The molecule has 3 rings (SSSR count). The molecular weight excluding hydrogens is 374 g/mol. The summed E-state index contributed by atoms with van der Waals surface area (Å²) in [5.74, 6) is -0.313. The number of benzene rings is 2. The number of hydrogen-bond donors (Lipinski definition) is 0. The number of hydrogen-bond acceptors (Lipinski definition) is 3. The van der Waals surface area contributed by atoms with E-state index < -0.39 is 10.0 Å². The minimum atomic E-state index is -3.73. The summed E-state index contributed by atoms with van der Waals surface area (Å²) in [5.41, 5.74) is 0.482. The highest BCUT2D eigenvalue weighted by Crippen LogP contribution is 2.29. The monoisotopic (exact) mass is 388 g/mol. The number of nitrogens with zero attached hydrogens (tertiary/aromatic N) is 2. The van der Waals surface area contributed by atoms with Crippen molar-refractivity contribution < 1.29 is 12.8 Å². The number of para-hydroxylation sites is 1. The minimum Gasteiger partial charge on any atom is -0.367 e. The molecule has 0 unspecified atom stereocenters. The summed E-state index contributed by atoms with van der Waals surface area (Å²) in [6.45, 7) is 1.30. The number of rotatable bonds is 3. The van der Waals surface area contributed by atoms with Crippen LogP contribution in [0.15, 0.2) is 47.4 Å².